The normalized spacial score (nSPS) is 25.5. The zero-order valence-electron chi connectivity index (χ0n) is 37.4. The Bertz CT molecular complexity index is 2750. The number of nitrogens with zero attached hydrogens (tertiary/aromatic N) is 6. The van der Waals surface area contributed by atoms with Gasteiger partial charge in [0.25, 0.3) is 0 Å². The van der Waals surface area contributed by atoms with Crippen LogP contribution in [0.25, 0.3) is 32.9 Å². The van der Waals surface area contributed by atoms with E-state index in [1.807, 2.05) is 39.8 Å². The number of benzene rings is 2. The molecule has 7 heterocycles. The van der Waals surface area contributed by atoms with Gasteiger partial charge in [0.2, 0.25) is 11.8 Å². The van der Waals surface area contributed by atoms with Crippen LogP contribution in [0.4, 0.5) is 9.18 Å². The SMILES string of the molecule is C[C@@H](OC1CCCCO1)c1nc2c(F)c(-c3cccc(Cl)c3Cl)c(CCC#N)cc2c2c1cc([C@H]1[C@H](O)[C@H](Oc3ccccn3)CN1C(=O)C1CC1)n2[C@H]1[C@@H]2C[C@H]1N(C(=O)OC(C)(C)C)C2. The lowest BCUT2D eigenvalue weighted by Gasteiger charge is -2.41. The van der Waals surface area contributed by atoms with E-state index in [4.69, 9.17) is 47.1 Å². The summed E-state index contributed by atoms with van der Waals surface area (Å²) >= 11 is 13.4. The number of aromatic nitrogens is 3. The van der Waals surface area contributed by atoms with Gasteiger partial charge in [0.15, 0.2) is 12.1 Å². The summed E-state index contributed by atoms with van der Waals surface area (Å²) in [5.74, 6) is -0.658. The Morgan fingerprint density at radius 3 is 2.59 bits per heavy atom. The third-order valence-corrected chi connectivity index (χ3v) is 14.6. The summed E-state index contributed by atoms with van der Waals surface area (Å²) in [4.78, 5) is 41.4. The topological polar surface area (TPSA) is 152 Å². The molecule has 2 amide bonds. The van der Waals surface area contributed by atoms with E-state index in [0.717, 1.165) is 25.7 Å². The highest BCUT2D eigenvalue weighted by atomic mass is 35.5. The number of aryl methyl sites for hydroxylation is 1. The first-order valence-electron chi connectivity index (χ1n) is 23.1. The van der Waals surface area contributed by atoms with Crippen LogP contribution in [-0.4, -0.2) is 91.3 Å². The molecule has 4 aliphatic heterocycles. The Balaban J connectivity index is 1.24. The number of amides is 2. The number of rotatable bonds is 11. The average Bonchev–Trinajstić information content (AvgIpc) is 3.60. The van der Waals surface area contributed by atoms with Gasteiger partial charge in [0.1, 0.15) is 35.5 Å². The quantitative estimate of drug-likeness (QED) is 0.135. The van der Waals surface area contributed by atoms with E-state index in [9.17, 15) is 20.0 Å². The van der Waals surface area contributed by atoms with Crippen LogP contribution in [0.15, 0.2) is 54.7 Å². The second-order valence-electron chi connectivity index (χ2n) is 19.4. The number of halogens is 3. The molecule has 66 heavy (non-hydrogen) atoms. The minimum Gasteiger partial charge on any atom is -0.470 e. The van der Waals surface area contributed by atoms with Gasteiger partial charge in [-0.15, -0.1) is 0 Å². The van der Waals surface area contributed by atoms with E-state index < -0.39 is 48.2 Å². The van der Waals surface area contributed by atoms with E-state index in [1.165, 1.54) is 0 Å². The Morgan fingerprint density at radius 1 is 1.06 bits per heavy atom. The largest absolute Gasteiger partial charge is 0.470 e. The molecule has 2 aliphatic carbocycles. The predicted octanol–water partition coefficient (Wildman–Crippen LogP) is 10.0. The predicted molar refractivity (Wildman–Crippen MR) is 245 cm³/mol. The lowest BCUT2D eigenvalue weighted by molar-refractivity contribution is -0.186. The zero-order chi connectivity index (χ0) is 46.2. The van der Waals surface area contributed by atoms with E-state index in [-0.39, 0.29) is 70.3 Å². The van der Waals surface area contributed by atoms with Crippen LogP contribution in [0.2, 0.25) is 10.0 Å². The van der Waals surface area contributed by atoms with Gasteiger partial charge in [-0.3, -0.25) is 4.79 Å². The number of ether oxygens (including phenoxy) is 4. The average molecular weight is 940 g/mol. The molecule has 2 saturated carbocycles. The first-order valence-corrected chi connectivity index (χ1v) is 23.8. The smallest absolute Gasteiger partial charge is 0.410 e. The molecule has 16 heteroatoms. The number of aliphatic hydroxyl groups is 1. The molecule has 1 N–H and O–H groups in total. The van der Waals surface area contributed by atoms with Gasteiger partial charge in [0.05, 0.1) is 46.0 Å². The van der Waals surface area contributed by atoms with Crippen molar-refractivity contribution in [2.24, 2.45) is 11.8 Å². The fourth-order valence-electron chi connectivity index (χ4n) is 10.6. The number of nitriles is 1. The van der Waals surface area contributed by atoms with E-state index in [2.05, 4.69) is 15.6 Å². The highest BCUT2D eigenvalue weighted by molar-refractivity contribution is 6.43. The molecular weight excluding hydrogens is 886 g/mol. The van der Waals surface area contributed by atoms with Crippen molar-refractivity contribution in [1.29, 1.82) is 5.26 Å². The van der Waals surface area contributed by atoms with Crippen molar-refractivity contribution < 1.29 is 38.0 Å². The van der Waals surface area contributed by atoms with Crippen molar-refractivity contribution in [2.45, 2.75) is 127 Å². The number of hydrogen-bond acceptors (Lipinski definition) is 10. The van der Waals surface area contributed by atoms with Crippen molar-refractivity contribution in [1.82, 2.24) is 24.3 Å². The summed E-state index contributed by atoms with van der Waals surface area (Å²) in [6.45, 7) is 8.44. The fraction of sp³-hybridized carbons (Fsp3) is 0.500. The number of aliphatic hydroxyl groups excluding tert-OH is 1. The maximum Gasteiger partial charge on any atom is 0.410 e. The number of hydrogen-bond donors (Lipinski definition) is 1. The highest BCUT2D eigenvalue weighted by Gasteiger charge is 2.58. The molecule has 2 bridgehead atoms. The van der Waals surface area contributed by atoms with Crippen molar-refractivity contribution in [3.8, 4) is 23.1 Å². The Kier molecular flexibility index (Phi) is 11.9. The standard InChI is InChI=1S/C50H53Cl2FN6O7/c1-26(64-38-15-6-8-20-63-38)42-32-23-35(46-47(60)36(65-37-14-5-7-19-55-37)25-58(46)48(61)27-16-17-27)59(44-29-22-34(44)57(24-29)49(62)66-50(2,3)4)45(32)31-21-28(11-10-18-54)39(41(53)43(31)56-42)30-12-9-13-33(51)40(30)52/h5,7,9,12-14,19,21,23,26-27,29,34,36,38,44,46-47,60H,6,8,10-11,15-17,20,22,24-25H2,1-4H3/t26-,29-,34-,36-,38?,44+,46+,47-/m1/s1. The number of carbonyl (C=O) groups is 2. The third-order valence-electron chi connectivity index (χ3n) is 13.8. The Morgan fingerprint density at radius 2 is 1.88 bits per heavy atom. The minimum atomic E-state index is -1.22. The number of fused-ring (bicyclic) bond motifs is 4. The molecule has 4 saturated heterocycles. The van der Waals surface area contributed by atoms with Crippen LogP contribution in [0.1, 0.15) is 108 Å². The Labute approximate surface area is 392 Å². The van der Waals surface area contributed by atoms with Crippen LogP contribution in [0, 0.1) is 29.0 Å². The van der Waals surface area contributed by atoms with Gasteiger partial charge < -0.3 is 38.4 Å². The molecule has 346 valence electrons. The van der Waals surface area contributed by atoms with Crippen LogP contribution >= 0.6 is 23.2 Å². The lowest BCUT2D eigenvalue weighted by atomic mass is 9.79. The van der Waals surface area contributed by atoms with Gasteiger partial charge in [-0.2, -0.15) is 5.26 Å². The first kappa shape index (κ1) is 44.8. The number of likely N-dealkylation sites (tertiary alicyclic amines) is 1. The molecule has 6 fully saturated rings. The fourth-order valence-corrected chi connectivity index (χ4v) is 11.0. The molecule has 13 nitrogen and oxygen atoms in total. The molecule has 11 rings (SSSR count). The number of carbonyl (C=O) groups excluding carboxylic acids is 2. The van der Waals surface area contributed by atoms with Gasteiger partial charge in [-0.1, -0.05) is 41.4 Å². The Hall–Kier alpha value is -5.04. The summed E-state index contributed by atoms with van der Waals surface area (Å²) in [5.41, 5.74) is 2.02. The molecule has 2 aromatic carbocycles. The molecular formula is C50H53Cl2FN6O7. The summed E-state index contributed by atoms with van der Waals surface area (Å²) in [7, 11) is 0. The molecule has 0 spiro atoms. The molecule has 1 unspecified atom stereocenters. The van der Waals surface area contributed by atoms with Crippen LogP contribution in [-0.2, 0) is 25.4 Å². The third kappa shape index (κ3) is 8.04. The van der Waals surface area contributed by atoms with E-state index >= 15 is 4.39 Å². The zero-order valence-corrected chi connectivity index (χ0v) is 38.9. The van der Waals surface area contributed by atoms with Gasteiger partial charge in [-0.25, -0.2) is 19.2 Å². The van der Waals surface area contributed by atoms with Crippen LogP contribution in [0.3, 0.4) is 0 Å². The maximum absolute atomic E-state index is 18.1. The van der Waals surface area contributed by atoms with Gasteiger partial charge in [0, 0.05) is 71.3 Å². The highest BCUT2D eigenvalue weighted by Crippen LogP contribution is 2.55. The summed E-state index contributed by atoms with van der Waals surface area (Å²) in [6, 6.07) is 14.8. The van der Waals surface area contributed by atoms with E-state index in [1.54, 1.807) is 52.4 Å². The summed E-state index contributed by atoms with van der Waals surface area (Å²) in [6.07, 6.45) is 2.87. The summed E-state index contributed by atoms with van der Waals surface area (Å²) < 4.78 is 45.2. The van der Waals surface area contributed by atoms with Crippen molar-refractivity contribution in [3.63, 3.8) is 0 Å². The summed E-state index contributed by atoms with van der Waals surface area (Å²) in [5, 5.41) is 24.0. The van der Waals surface area contributed by atoms with Crippen LogP contribution < -0.4 is 4.74 Å². The monoisotopic (exact) mass is 938 g/mol. The van der Waals surface area contributed by atoms with E-state index in [0.29, 0.717) is 70.7 Å². The van der Waals surface area contributed by atoms with Crippen LogP contribution in [0.5, 0.6) is 5.88 Å². The van der Waals surface area contributed by atoms with Gasteiger partial charge in [-0.05, 0) is 102 Å². The molecule has 5 aromatic rings. The minimum absolute atomic E-state index is 0.0417. The second kappa shape index (κ2) is 17.6. The molecule has 0 radical (unpaired) electrons. The number of pyridine rings is 2. The second-order valence-corrected chi connectivity index (χ2v) is 20.1. The van der Waals surface area contributed by atoms with Crippen molar-refractivity contribution >= 4 is 57.0 Å². The first-order chi connectivity index (χ1) is 31.7. The lowest BCUT2D eigenvalue weighted by Crippen LogP contribution is -2.45. The van der Waals surface area contributed by atoms with Gasteiger partial charge >= 0.3 is 6.09 Å². The molecule has 6 aliphatic rings. The van der Waals surface area contributed by atoms with Crippen molar-refractivity contribution in [3.05, 3.63) is 87.5 Å². The molecule has 3 aromatic heterocycles. The maximum atomic E-state index is 18.1. The molecule has 8 atom stereocenters. The van der Waals surface area contributed by atoms with Crippen molar-refractivity contribution in [2.75, 3.05) is 19.7 Å².